The van der Waals surface area contributed by atoms with Gasteiger partial charge in [0, 0.05) is 20.6 Å². The van der Waals surface area contributed by atoms with Gasteiger partial charge in [0.1, 0.15) is 6.61 Å². The summed E-state index contributed by atoms with van der Waals surface area (Å²) in [6.07, 6.45) is 1.49. The van der Waals surface area contributed by atoms with Gasteiger partial charge < -0.3 is 9.47 Å². The quantitative estimate of drug-likeness (QED) is 0.272. The smallest absolute Gasteiger partial charge is 0.271 e. The van der Waals surface area contributed by atoms with Crippen LogP contribution in [0.3, 0.4) is 0 Å². The lowest BCUT2D eigenvalue weighted by molar-refractivity contribution is 0.0955. The fourth-order valence-corrected chi connectivity index (χ4v) is 3.55. The highest BCUT2D eigenvalue weighted by atomic mass is 79.9. The van der Waals surface area contributed by atoms with Gasteiger partial charge in [0.05, 0.1) is 17.8 Å². The third kappa shape index (κ3) is 6.47. The molecule has 0 spiro atoms. The van der Waals surface area contributed by atoms with Gasteiger partial charge in [-0.1, -0.05) is 63.4 Å². The Kier molecular flexibility index (Phi) is 8.35. The summed E-state index contributed by atoms with van der Waals surface area (Å²) in [5.74, 6) is 0.564. The number of benzene rings is 3. The Labute approximate surface area is 199 Å². The molecule has 0 aromatic heterocycles. The minimum absolute atomic E-state index is 0.246. The molecule has 3 aromatic carbocycles. The third-order valence-corrected chi connectivity index (χ3v) is 5.27. The van der Waals surface area contributed by atoms with Crippen molar-refractivity contribution >= 4 is 51.3 Å². The summed E-state index contributed by atoms with van der Waals surface area (Å²) in [5, 5.41) is 4.98. The number of halogens is 3. The first-order valence-electron chi connectivity index (χ1n) is 9.39. The van der Waals surface area contributed by atoms with E-state index in [2.05, 4.69) is 26.5 Å². The summed E-state index contributed by atoms with van der Waals surface area (Å²) < 4.78 is 12.4. The van der Waals surface area contributed by atoms with Gasteiger partial charge in [-0.15, -0.1) is 0 Å². The minimum Gasteiger partial charge on any atom is -0.490 e. The van der Waals surface area contributed by atoms with Crippen molar-refractivity contribution in [2.75, 3.05) is 6.61 Å². The van der Waals surface area contributed by atoms with Gasteiger partial charge in [-0.3, -0.25) is 4.79 Å². The topological polar surface area (TPSA) is 59.9 Å². The Morgan fingerprint density at radius 2 is 1.87 bits per heavy atom. The molecule has 0 fully saturated rings. The van der Waals surface area contributed by atoms with E-state index < -0.39 is 0 Å². The van der Waals surface area contributed by atoms with Gasteiger partial charge >= 0.3 is 0 Å². The predicted molar refractivity (Wildman–Crippen MR) is 128 cm³/mol. The molecule has 31 heavy (non-hydrogen) atoms. The molecule has 3 rings (SSSR count). The second-order valence-electron chi connectivity index (χ2n) is 6.35. The van der Waals surface area contributed by atoms with Crippen LogP contribution in [0.15, 0.2) is 70.2 Å². The van der Waals surface area contributed by atoms with Gasteiger partial charge in [-0.05, 0) is 48.9 Å². The van der Waals surface area contributed by atoms with Gasteiger partial charge in [-0.2, -0.15) is 5.10 Å². The van der Waals surface area contributed by atoms with Crippen LogP contribution in [0, 0.1) is 0 Å². The largest absolute Gasteiger partial charge is 0.490 e. The van der Waals surface area contributed by atoms with E-state index in [0.717, 1.165) is 10.0 Å². The van der Waals surface area contributed by atoms with Crippen LogP contribution in [0.25, 0.3) is 0 Å². The number of nitrogens with one attached hydrogen (secondary N) is 1. The average molecular weight is 522 g/mol. The number of hydrazone groups is 1. The predicted octanol–water partition coefficient (Wildman–Crippen LogP) is 6.50. The Hall–Kier alpha value is -2.54. The molecular formula is C23H19BrCl2N2O3. The van der Waals surface area contributed by atoms with Crippen molar-refractivity contribution in [1.82, 2.24) is 5.43 Å². The van der Waals surface area contributed by atoms with Crippen LogP contribution in [0.2, 0.25) is 10.0 Å². The van der Waals surface area contributed by atoms with Crippen molar-refractivity contribution in [3.63, 3.8) is 0 Å². The molecule has 0 aliphatic carbocycles. The molecule has 3 aromatic rings. The molecule has 8 heteroatoms. The van der Waals surface area contributed by atoms with Crippen LogP contribution >= 0.6 is 39.1 Å². The Morgan fingerprint density at radius 3 is 2.61 bits per heavy atom. The van der Waals surface area contributed by atoms with Crippen LogP contribution in [0.5, 0.6) is 11.5 Å². The van der Waals surface area contributed by atoms with Gasteiger partial charge in [0.25, 0.3) is 5.91 Å². The van der Waals surface area contributed by atoms with Crippen LogP contribution in [0.4, 0.5) is 0 Å². The van der Waals surface area contributed by atoms with Crippen molar-refractivity contribution in [3.8, 4) is 11.5 Å². The maximum absolute atomic E-state index is 12.2. The van der Waals surface area contributed by atoms with Crippen molar-refractivity contribution < 1.29 is 14.3 Å². The molecule has 160 valence electrons. The van der Waals surface area contributed by atoms with E-state index in [1.165, 1.54) is 6.21 Å². The Bertz CT molecular complexity index is 1110. The molecule has 0 saturated carbocycles. The molecule has 0 aliphatic heterocycles. The normalized spacial score (nSPS) is 10.8. The molecule has 1 amide bonds. The second kappa shape index (κ2) is 11.2. The highest BCUT2D eigenvalue weighted by molar-refractivity contribution is 9.10. The maximum Gasteiger partial charge on any atom is 0.271 e. The van der Waals surface area contributed by atoms with E-state index in [1.807, 2.05) is 31.2 Å². The monoisotopic (exact) mass is 520 g/mol. The molecule has 0 radical (unpaired) electrons. The highest BCUT2D eigenvalue weighted by Crippen LogP contribution is 2.37. The van der Waals surface area contributed by atoms with E-state index in [0.29, 0.717) is 39.3 Å². The number of hydrogen-bond donors (Lipinski definition) is 1. The number of rotatable bonds is 8. The zero-order valence-electron chi connectivity index (χ0n) is 16.6. The Balaban J connectivity index is 1.73. The molecule has 0 atom stereocenters. The van der Waals surface area contributed by atoms with Crippen molar-refractivity contribution in [2.45, 2.75) is 13.5 Å². The van der Waals surface area contributed by atoms with Crippen LogP contribution < -0.4 is 14.9 Å². The number of amides is 1. The number of carbonyl (C=O) groups excluding carboxylic acids is 1. The van der Waals surface area contributed by atoms with E-state index in [4.69, 9.17) is 32.7 Å². The lowest BCUT2D eigenvalue weighted by Gasteiger charge is -2.15. The lowest BCUT2D eigenvalue weighted by atomic mass is 10.2. The summed E-state index contributed by atoms with van der Waals surface area (Å²) in [4.78, 5) is 12.2. The maximum atomic E-state index is 12.2. The first-order chi connectivity index (χ1) is 15.0. The highest BCUT2D eigenvalue weighted by Gasteiger charge is 2.13. The summed E-state index contributed by atoms with van der Waals surface area (Å²) in [7, 11) is 0. The van der Waals surface area contributed by atoms with Crippen molar-refractivity contribution in [1.29, 1.82) is 0 Å². The first-order valence-corrected chi connectivity index (χ1v) is 10.9. The summed E-state index contributed by atoms with van der Waals surface area (Å²) in [6.45, 7) is 2.54. The van der Waals surface area contributed by atoms with E-state index in [9.17, 15) is 4.79 Å². The van der Waals surface area contributed by atoms with E-state index >= 15 is 0 Å². The SMILES string of the molecule is CCOc1cc(/C=N\NC(=O)c2cccc(Br)c2)cc(Cl)c1OCc1ccccc1Cl. The fraction of sp³-hybridized carbons (Fsp3) is 0.130. The van der Waals surface area contributed by atoms with Crippen LogP contribution in [-0.2, 0) is 6.61 Å². The van der Waals surface area contributed by atoms with Crippen LogP contribution in [-0.4, -0.2) is 18.7 Å². The van der Waals surface area contributed by atoms with Crippen molar-refractivity contribution in [3.05, 3.63) is 91.9 Å². The molecule has 0 saturated heterocycles. The molecule has 0 unspecified atom stereocenters. The molecule has 1 N–H and O–H groups in total. The molecule has 0 aliphatic rings. The zero-order chi connectivity index (χ0) is 22.2. The second-order valence-corrected chi connectivity index (χ2v) is 8.08. The number of nitrogens with zero attached hydrogens (tertiary/aromatic N) is 1. The number of ether oxygens (including phenoxy) is 2. The van der Waals surface area contributed by atoms with Crippen molar-refractivity contribution in [2.24, 2.45) is 5.10 Å². The van der Waals surface area contributed by atoms with Gasteiger partial charge in [-0.25, -0.2) is 5.43 Å². The molecular weight excluding hydrogens is 503 g/mol. The summed E-state index contributed by atoms with van der Waals surface area (Å²) in [5.41, 5.74) is 4.46. The van der Waals surface area contributed by atoms with Crippen LogP contribution in [0.1, 0.15) is 28.4 Å². The number of carbonyl (C=O) groups is 1. The average Bonchev–Trinajstić information content (AvgIpc) is 2.74. The first kappa shape index (κ1) is 23.1. The summed E-state index contributed by atoms with van der Waals surface area (Å²) >= 11 is 16.0. The van der Waals surface area contributed by atoms with E-state index in [-0.39, 0.29) is 12.5 Å². The standard InChI is InChI=1S/C23H19BrCl2N2O3/c1-2-30-21-11-15(13-27-28-23(29)16-7-5-8-18(24)12-16)10-20(26)22(21)31-14-17-6-3-4-9-19(17)25/h3-13H,2,14H2,1H3,(H,28,29)/b27-13-. The zero-order valence-corrected chi connectivity index (χ0v) is 19.7. The molecule has 0 bridgehead atoms. The Morgan fingerprint density at radius 1 is 1.06 bits per heavy atom. The third-order valence-electron chi connectivity index (χ3n) is 4.13. The molecule has 0 heterocycles. The molecule has 5 nitrogen and oxygen atoms in total. The van der Waals surface area contributed by atoms with Gasteiger partial charge in [0.15, 0.2) is 11.5 Å². The van der Waals surface area contributed by atoms with E-state index in [1.54, 1.807) is 36.4 Å². The van der Waals surface area contributed by atoms with Gasteiger partial charge in [0.2, 0.25) is 0 Å². The number of hydrogen-bond acceptors (Lipinski definition) is 4. The fourth-order valence-electron chi connectivity index (χ4n) is 2.69. The lowest BCUT2D eigenvalue weighted by Crippen LogP contribution is -2.17. The summed E-state index contributed by atoms with van der Waals surface area (Å²) in [6, 6.07) is 17.9. The minimum atomic E-state index is -0.326.